The zero-order valence-electron chi connectivity index (χ0n) is 13.4. The number of carbonyl (C=O) groups is 1. The summed E-state index contributed by atoms with van der Waals surface area (Å²) in [6.07, 6.45) is 2.02. The Morgan fingerprint density at radius 3 is 2.73 bits per heavy atom. The monoisotopic (exact) mass is 306 g/mol. The second-order valence-electron chi connectivity index (χ2n) is 5.70. The van der Waals surface area contributed by atoms with E-state index < -0.39 is 5.97 Å². The first-order chi connectivity index (χ1) is 10.6. The van der Waals surface area contributed by atoms with Gasteiger partial charge in [-0.3, -0.25) is 9.69 Å². The fourth-order valence-corrected chi connectivity index (χ4v) is 2.93. The predicted octanol–water partition coefficient (Wildman–Crippen LogP) is 2.11. The van der Waals surface area contributed by atoms with Crippen LogP contribution in [0.5, 0.6) is 5.75 Å². The van der Waals surface area contributed by atoms with Gasteiger partial charge in [-0.05, 0) is 32.4 Å². The molecule has 0 heterocycles. The van der Waals surface area contributed by atoms with Crippen LogP contribution in [0.25, 0.3) is 0 Å². The maximum absolute atomic E-state index is 10.8. The fourth-order valence-electron chi connectivity index (χ4n) is 2.93. The summed E-state index contributed by atoms with van der Waals surface area (Å²) in [6.45, 7) is 6.39. The number of nitrogens with zero attached hydrogens (tertiary/aromatic N) is 1. The Hall–Kier alpha value is -1.59. The van der Waals surface area contributed by atoms with Gasteiger partial charge >= 0.3 is 5.97 Å². The molecule has 0 saturated heterocycles. The van der Waals surface area contributed by atoms with Gasteiger partial charge in [-0.2, -0.15) is 0 Å². The minimum absolute atomic E-state index is 0.140. The number of aliphatic carboxylic acids is 1. The van der Waals surface area contributed by atoms with E-state index in [0.717, 1.165) is 31.7 Å². The van der Waals surface area contributed by atoms with E-state index in [0.29, 0.717) is 18.7 Å². The van der Waals surface area contributed by atoms with Crippen LogP contribution in [0.3, 0.4) is 0 Å². The van der Waals surface area contributed by atoms with Crippen LogP contribution in [0.2, 0.25) is 0 Å². The van der Waals surface area contributed by atoms with Crippen molar-refractivity contribution in [3.05, 3.63) is 29.8 Å². The highest BCUT2D eigenvalue weighted by Gasteiger charge is 2.33. The van der Waals surface area contributed by atoms with Crippen LogP contribution in [-0.2, 0) is 11.3 Å². The standard InChI is InChI=1S/C17H26N2O3/c1-3-19(12-17(20)21)15-9-14(10-15)18-11-13-7-5-6-8-16(13)22-4-2/h5-8,14-15,18H,3-4,9-12H2,1-2H3,(H,20,21). The van der Waals surface area contributed by atoms with Crippen LogP contribution in [-0.4, -0.2) is 47.8 Å². The third kappa shape index (κ3) is 4.45. The zero-order chi connectivity index (χ0) is 15.9. The van der Waals surface area contributed by atoms with E-state index in [1.165, 1.54) is 5.56 Å². The highest BCUT2D eigenvalue weighted by Crippen LogP contribution is 2.26. The largest absolute Gasteiger partial charge is 0.494 e. The van der Waals surface area contributed by atoms with Gasteiger partial charge < -0.3 is 15.2 Å². The molecule has 0 aromatic heterocycles. The van der Waals surface area contributed by atoms with Gasteiger partial charge in [0.25, 0.3) is 0 Å². The first-order valence-corrected chi connectivity index (χ1v) is 8.04. The highest BCUT2D eigenvalue weighted by atomic mass is 16.5. The lowest BCUT2D eigenvalue weighted by atomic mass is 9.85. The van der Waals surface area contributed by atoms with Crippen molar-refractivity contribution in [3.8, 4) is 5.75 Å². The summed E-state index contributed by atoms with van der Waals surface area (Å²) >= 11 is 0. The molecule has 1 fully saturated rings. The van der Waals surface area contributed by atoms with Crippen molar-refractivity contribution < 1.29 is 14.6 Å². The number of hydrogen-bond donors (Lipinski definition) is 2. The van der Waals surface area contributed by atoms with Gasteiger partial charge in [0, 0.05) is 24.2 Å². The molecular formula is C17H26N2O3. The quantitative estimate of drug-likeness (QED) is 0.732. The third-order valence-corrected chi connectivity index (χ3v) is 4.23. The summed E-state index contributed by atoms with van der Waals surface area (Å²) < 4.78 is 5.63. The number of benzene rings is 1. The van der Waals surface area contributed by atoms with Crippen LogP contribution in [0.4, 0.5) is 0 Å². The lowest BCUT2D eigenvalue weighted by molar-refractivity contribution is -0.139. The number of para-hydroxylation sites is 1. The fraction of sp³-hybridized carbons (Fsp3) is 0.588. The summed E-state index contributed by atoms with van der Waals surface area (Å²) in [5.41, 5.74) is 1.17. The van der Waals surface area contributed by atoms with E-state index in [1.54, 1.807) is 0 Å². The average molecular weight is 306 g/mol. The summed E-state index contributed by atoms with van der Waals surface area (Å²) in [4.78, 5) is 12.9. The smallest absolute Gasteiger partial charge is 0.317 e. The van der Waals surface area contributed by atoms with E-state index in [-0.39, 0.29) is 6.54 Å². The second kappa shape index (κ2) is 8.15. The second-order valence-corrected chi connectivity index (χ2v) is 5.70. The van der Waals surface area contributed by atoms with Crippen LogP contribution < -0.4 is 10.1 Å². The van der Waals surface area contributed by atoms with Crippen molar-refractivity contribution in [3.63, 3.8) is 0 Å². The third-order valence-electron chi connectivity index (χ3n) is 4.23. The van der Waals surface area contributed by atoms with E-state index in [1.807, 2.05) is 36.9 Å². The number of likely N-dealkylation sites (N-methyl/N-ethyl adjacent to an activating group) is 1. The number of hydrogen-bond acceptors (Lipinski definition) is 4. The van der Waals surface area contributed by atoms with Crippen LogP contribution >= 0.6 is 0 Å². The first kappa shape index (κ1) is 16.8. The Morgan fingerprint density at radius 1 is 1.36 bits per heavy atom. The van der Waals surface area contributed by atoms with E-state index >= 15 is 0 Å². The molecule has 1 aliphatic rings. The Bertz CT molecular complexity index is 487. The number of ether oxygens (including phenoxy) is 1. The number of carboxylic acids is 1. The normalized spacial score (nSPS) is 20.7. The number of nitrogens with one attached hydrogen (secondary N) is 1. The van der Waals surface area contributed by atoms with Gasteiger partial charge in [-0.15, -0.1) is 0 Å². The molecule has 0 unspecified atom stereocenters. The van der Waals surface area contributed by atoms with Crippen molar-refractivity contribution >= 4 is 5.97 Å². The van der Waals surface area contributed by atoms with Crippen LogP contribution in [0, 0.1) is 0 Å². The van der Waals surface area contributed by atoms with E-state index in [9.17, 15) is 4.79 Å². The van der Waals surface area contributed by atoms with Crippen molar-refractivity contribution in [2.24, 2.45) is 0 Å². The summed E-state index contributed by atoms with van der Waals surface area (Å²) in [5.74, 6) is 0.193. The predicted molar refractivity (Wildman–Crippen MR) is 86.1 cm³/mol. The van der Waals surface area contributed by atoms with Crippen molar-refractivity contribution in [2.45, 2.75) is 45.3 Å². The van der Waals surface area contributed by atoms with Gasteiger partial charge in [0.15, 0.2) is 0 Å². The van der Waals surface area contributed by atoms with Crippen molar-refractivity contribution in [1.82, 2.24) is 10.2 Å². The Labute approximate surface area is 132 Å². The number of carboxylic acid groups (broad SMARTS) is 1. The van der Waals surface area contributed by atoms with Gasteiger partial charge in [-0.1, -0.05) is 25.1 Å². The molecule has 2 N–H and O–H groups in total. The molecule has 0 amide bonds. The molecule has 1 saturated carbocycles. The van der Waals surface area contributed by atoms with E-state index in [4.69, 9.17) is 9.84 Å². The molecule has 1 aromatic rings. The maximum Gasteiger partial charge on any atom is 0.317 e. The molecular weight excluding hydrogens is 280 g/mol. The molecule has 0 radical (unpaired) electrons. The SMILES string of the molecule is CCOc1ccccc1CNC1CC(N(CC)CC(=O)O)C1. The van der Waals surface area contributed by atoms with Gasteiger partial charge in [0.1, 0.15) is 5.75 Å². The molecule has 0 spiro atoms. The van der Waals surface area contributed by atoms with Gasteiger partial charge in [0.2, 0.25) is 0 Å². The molecule has 0 atom stereocenters. The van der Waals surface area contributed by atoms with Crippen molar-refractivity contribution in [1.29, 1.82) is 0 Å². The molecule has 1 aromatic carbocycles. The summed E-state index contributed by atoms with van der Waals surface area (Å²) in [6, 6.07) is 8.93. The van der Waals surface area contributed by atoms with Crippen LogP contribution in [0.1, 0.15) is 32.3 Å². The Morgan fingerprint density at radius 2 is 2.09 bits per heavy atom. The molecule has 2 rings (SSSR count). The van der Waals surface area contributed by atoms with Gasteiger partial charge in [-0.25, -0.2) is 0 Å². The molecule has 0 bridgehead atoms. The van der Waals surface area contributed by atoms with Gasteiger partial charge in [0.05, 0.1) is 13.2 Å². The average Bonchev–Trinajstić information content (AvgIpc) is 2.45. The molecule has 5 heteroatoms. The van der Waals surface area contributed by atoms with Crippen LogP contribution in [0.15, 0.2) is 24.3 Å². The maximum atomic E-state index is 10.8. The molecule has 5 nitrogen and oxygen atoms in total. The zero-order valence-corrected chi connectivity index (χ0v) is 13.4. The highest BCUT2D eigenvalue weighted by molar-refractivity contribution is 5.69. The Balaban J connectivity index is 1.77. The molecule has 1 aliphatic carbocycles. The molecule has 22 heavy (non-hydrogen) atoms. The first-order valence-electron chi connectivity index (χ1n) is 8.04. The summed E-state index contributed by atoms with van der Waals surface area (Å²) in [7, 11) is 0. The lowest BCUT2D eigenvalue weighted by Crippen LogP contribution is -2.53. The van der Waals surface area contributed by atoms with E-state index in [2.05, 4.69) is 11.4 Å². The molecule has 0 aliphatic heterocycles. The summed E-state index contributed by atoms with van der Waals surface area (Å²) in [5, 5.41) is 12.5. The topological polar surface area (TPSA) is 61.8 Å². The lowest BCUT2D eigenvalue weighted by Gasteiger charge is -2.42. The minimum Gasteiger partial charge on any atom is -0.494 e. The number of rotatable bonds is 9. The van der Waals surface area contributed by atoms with Crippen molar-refractivity contribution in [2.75, 3.05) is 19.7 Å². The molecule has 122 valence electrons. The Kier molecular flexibility index (Phi) is 6.21. The minimum atomic E-state index is -0.746.